The zero-order valence-corrected chi connectivity index (χ0v) is 12.1. The normalized spacial score (nSPS) is 18.4. The number of nitrogens with two attached hydrogens (primary N) is 1. The lowest BCUT2D eigenvalue weighted by Gasteiger charge is -2.32. The van der Waals surface area contributed by atoms with Crippen LogP contribution in [0.4, 0.5) is 8.78 Å². The van der Waals surface area contributed by atoms with E-state index in [1.54, 1.807) is 0 Å². The van der Waals surface area contributed by atoms with E-state index >= 15 is 0 Å². The fourth-order valence-corrected chi connectivity index (χ4v) is 3.25. The van der Waals surface area contributed by atoms with E-state index in [2.05, 4.69) is 0 Å². The summed E-state index contributed by atoms with van der Waals surface area (Å²) in [4.78, 5) is 2.01. The van der Waals surface area contributed by atoms with Crippen molar-refractivity contribution >= 4 is 0 Å². The molecule has 2 N–H and O–H groups in total. The minimum absolute atomic E-state index is 0.105. The van der Waals surface area contributed by atoms with Gasteiger partial charge in [-0.25, -0.2) is 8.78 Å². The van der Waals surface area contributed by atoms with Gasteiger partial charge in [-0.3, -0.25) is 4.90 Å². The van der Waals surface area contributed by atoms with E-state index in [4.69, 9.17) is 5.73 Å². The maximum atomic E-state index is 13.9. The maximum Gasteiger partial charge on any atom is 0.130 e. The second-order valence-electron chi connectivity index (χ2n) is 5.83. The molecule has 20 heavy (non-hydrogen) atoms. The van der Waals surface area contributed by atoms with Crippen molar-refractivity contribution in [2.45, 2.75) is 38.1 Å². The van der Waals surface area contributed by atoms with Crippen LogP contribution in [-0.2, 0) is 0 Å². The van der Waals surface area contributed by atoms with Gasteiger partial charge in [0.25, 0.3) is 0 Å². The number of rotatable bonds is 5. The average molecular weight is 282 g/mol. The molecular weight excluding hydrogens is 258 g/mol. The van der Waals surface area contributed by atoms with E-state index in [9.17, 15) is 8.78 Å². The van der Waals surface area contributed by atoms with Crippen LogP contribution >= 0.6 is 0 Å². The van der Waals surface area contributed by atoms with Crippen LogP contribution in [0.2, 0.25) is 0 Å². The summed E-state index contributed by atoms with van der Waals surface area (Å²) in [7, 11) is 1.91. The lowest BCUT2D eigenvalue weighted by atomic mass is 9.88. The molecule has 1 saturated carbocycles. The van der Waals surface area contributed by atoms with Gasteiger partial charge in [0.05, 0.1) is 6.04 Å². The summed E-state index contributed by atoms with van der Waals surface area (Å²) >= 11 is 0. The average Bonchev–Trinajstić information content (AvgIpc) is 2.44. The smallest absolute Gasteiger partial charge is 0.130 e. The molecule has 1 aliphatic rings. The highest BCUT2D eigenvalue weighted by atomic mass is 19.1. The van der Waals surface area contributed by atoms with Crippen LogP contribution in [0.25, 0.3) is 0 Å². The number of halogens is 2. The zero-order valence-electron chi connectivity index (χ0n) is 12.1. The Balaban J connectivity index is 2.10. The number of benzene rings is 1. The van der Waals surface area contributed by atoms with Crippen LogP contribution in [0.15, 0.2) is 18.2 Å². The van der Waals surface area contributed by atoms with Crippen LogP contribution in [0.1, 0.15) is 43.7 Å². The summed E-state index contributed by atoms with van der Waals surface area (Å²) in [5.74, 6) is -0.385. The molecule has 4 heteroatoms. The molecule has 1 fully saturated rings. The number of hydrogen-bond donors (Lipinski definition) is 1. The van der Waals surface area contributed by atoms with Gasteiger partial charge >= 0.3 is 0 Å². The third-order valence-electron chi connectivity index (χ3n) is 4.36. The molecule has 0 bridgehead atoms. The molecule has 1 unspecified atom stereocenters. The molecule has 0 heterocycles. The lowest BCUT2D eigenvalue weighted by Crippen LogP contribution is -2.35. The van der Waals surface area contributed by atoms with E-state index in [-0.39, 0.29) is 12.1 Å². The Morgan fingerprint density at radius 2 is 1.80 bits per heavy atom. The molecule has 112 valence electrons. The Morgan fingerprint density at radius 1 is 1.20 bits per heavy atom. The second kappa shape index (κ2) is 7.14. The second-order valence-corrected chi connectivity index (χ2v) is 5.83. The molecule has 1 aliphatic carbocycles. The summed E-state index contributed by atoms with van der Waals surface area (Å²) in [5, 5.41) is 0. The fraction of sp³-hybridized carbons (Fsp3) is 0.625. The third-order valence-corrected chi connectivity index (χ3v) is 4.36. The highest BCUT2D eigenvalue weighted by Gasteiger charge is 2.25. The van der Waals surface area contributed by atoms with Gasteiger partial charge in [-0.15, -0.1) is 0 Å². The first-order valence-electron chi connectivity index (χ1n) is 7.47. The van der Waals surface area contributed by atoms with Crippen molar-refractivity contribution in [3.05, 3.63) is 35.4 Å². The Hall–Kier alpha value is -1.00. The summed E-state index contributed by atoms with van der Waals surface area (Å²) in [6.07, 6.45) is 6.25. The summed E-state index contributed by atoms with van der Waals surface area (Å²) in [5.41, 5.74) is 5.88. The van der Waals surface area contributed by atoms with Crippen LogP contribution in [0, 0.1) is 17.6 Å². The monoisotopic (exact) mass is 282 g/mol. The lowest BCUT2D eigenvalue weighted by molar-refractivity contribution is 0.180. The van der Waals surface area contributed by atoms with Crippen LogP contribution < -0.4 is 5.73 Å². The molecule has 0 spiro atoms. The molecule has 0 saturated heterocycles. The Morgan fingerprint density at radius 3 is 2.35 bits per heavy atom. The topological polar surface area (TPSA) is 29.3 Å². The van der Waals surface area contributed by atoms with E-state index in [1.807, 2.05) is 11.9 Å². The van der Waals surface area contributed by atoms with Crippen molar-refractivity contribution in [1.82, 2.24) is 4.90 Å². The van der Waals surface area contributed by atoms with Gasteiger partial charge < -0.3 is 5.73 Å². The minimum atomic E-state index is -0.504. The van der Waals surface area contributed by atoms with Gasteiger partial charge in [0.1, 0.15) is 11.6 Å². The number of hydrogen-bond acceptors (Lipinski definition) is 2. The van der Waals surface area contributed by atoms with Gasteiger partial charge in [0.2, 0.25) is 0 Å². The molecule has 2 rings (SSSR count). The van der Waals surface area contributed by atoms with Gasteiger partial charge in [0.15, 0.2) is 0 Å². The van der Waals surface area contributed by atoms with Crippen molar-refractivity contribution in [1.29, 1.82) is 0 Å². The van der Waals surface area contributed by atoms with Gasteiger partial charge in [0, 0.05) is 18.7 Å². The molecule has 0 amide bonds. The molecule has 2 nitrogen and oxygen atoms in total. The first-order valence-corrected chi connectivity index (χ1v) is 7.47. The Kier molecular flexibility index (Phi) is 5.49. The molecular formula is C16H24F2N2. The van der Waals surface area contributed by atoms with Crippen molar-refractivity contribution < 1.29 is 8.78 Å². The molecule has 0 radical (unpaired) electrons. The predicted octanol–water partition coefficient (Wildman–Crippen LogP) is 3.48. The molecule has 0 aliphatic heterocycles. The predicted molar refractivity (Wildman–Crippen MR) is 77.4 cm³/mol. The minimum Gasteiger partial charge on any atom is -0.329 e. The molecule has 0 aromatic heterocycles. The number of nitrogens with zero attached hydrogens (tertiary/aromatic N) is 1. The summed E-state index contributed by atoms with van der Waals surface area (Å²) < 4.78 is 27.8. The largest absolute Gasteiger partial charge is 0.329 e. The SMILES string of the molecule is CN(CC1CCCCC1)C(CN)c1c(F)cccc1F. The summed E-state index contributed by atoms with van der Waals surface area (Å²) in [6.45, 7) is 1.08. The highest BCUT2D eigenvalue weighted by Crippen LogP contribution is 2.29. The van der Waals surface area contributed by atoms with Crippen LogP contribution in [0.3, 0.4) is 0 Å². The Bertz CT molecular complexity index is 410. The van der Waals surface area contributed by atoms with Gasteiger partial charge in [-0.2, -0.15) is 0 Å². The van der Waals surface area contributed by atoms with Gasteiger partial charge in [-0.1, -0.05) is 25.3 Å². The van der Waals surface area contributed by atoms with Crippen LogP contribution in [-0.4, -0.2) is 25.0 Å². The fourth-order valence-electron chi connectivity index (χ4n) is 3.25. The van der Waals surface area contributed by atoms with Gasteiger partial charge in [-0.05, 0) is 37.9 Å². The maximum absolute atomic E-state index is 13.9. The quantitative estimate of drug-likeness (QED) is 0.896. The summed E-state index contributed by atoms with van der Waals surface area (Å²) in [6, 6.07) is 3.60. The van der Waals surface area contributed by atoms with E-state index in [0.717, 1.165) is 6.54 Å². The Labute approximate surface area is 120 Å². The number of likely N-dealkylation sites (N-methyl/N-ethyl adjacent to an activating group) is 1. The standard InChI is InChI=1S/C16H24F2N2/c1-20(11-12-6-3-2-4-7-12)15(10-19)16-13(17)8-5-9-14(16)18/h5,8-9,12,15H,2-4,6-7,10-11,19H2,1H3. The molecule has 1 aromatic carbocycles. The zero-order chi connectivity index (χ0) is 14.5. The molecule has 1 atom stereocenters. The first kappa shape index (κ1) is 15.4. The van der Waals surface area contributed by atoms with E-state index in [1.165, 1.54) is 50.3 Å². The van der Waals surface area contributed by atoms with Crippen molar-refractivity contribution in [3.63, 3.8) is 0 Å². The third kappa shape index (κ3) is 3.55. The molecule has 1 aromatic rings. The highest BCUT2D eigenvalue weighted by molar-refractivity contribution is 5.23. The van der Waals surface area contributed by atoms with Crippen molar-refractivity contribution in [2.24, 2.45) is 11.7 Å². The van der Waals surface area contributed by atoms with Crippen LogP contribution in [0.5, 0.6) is 0 Å². The van der Waals surface area contributed by atoms with E-state index < -0.39 is 17.7 Å². The van der Waals surface area contributed by atoms with Crippen molar-refractivity contribution in [3.8, 4) is 0 Å². The first-order chi connectivity index (χ1) is 9.63. The van der Waals surface area contributed by atoms with E-state index in [0.29, 0.717) is 5.92 Å². The van der Waals surface area contributed by atoms with Crippen molar-refractivity contribution in [2.75, 3.05) is 20.1 Å².